The van der Waals surface area contributed by atoms with E-state index in [1.165, 1.54) is 38.2 Å². The monoisotopic (exact) mass is 715 g/mol. The quantitative estimate of drug-likeness (QED) is 0.105. The molecule has 15 heteroatoms. The second-order valence-corrected chi connectivity index (χ2v) is 15.6. The molecule has 5 rings (SSSR count). The number of fused-ring (bicyclic) bond motifs is 1. The number of amides is 1. The fourth-order valence-electron chi connectivity index (χ4n) is 5.28. The van der Waals surface area contributed by atoms with Crippen LogP contribution in [0.15, 0.2) is 71.1 Å². The number of carbonyl (C=O) groups is 2. The lowest BCUT2D eigenvalue weighted by atomic mass is 10.0. The summed E-state index contributed by atoms with van der Waals surface area (Å²) in [5.41, 5.74) is 1.93. The van der Waals surface area contributed by atoms with Gasteiger partial charge in [-0.25, -0.2) is 17.4 Å². The average molecular weight is 716 g/mol. The first-order valence-corrected chi connectivity index (χ1v) is 19.1. The van der Waals surface area contributed by atoms with E-state index in [9.17, 15) is 27.0 Å². The van der Waals surface area contributed by atoms with Crippen molar-refractivity contribution < 1.29 is 45.2 Å². The Morgan fingerprint density at radius 1 is 1.06 bits per heavy atom. The van der Waals surface area contributed by atoms with E-state index in [4.69, 9.17) is 18.2 Å². The van der Waals surface area contributed by atoms with Crippen molar-refractivity contribution in [3.05, 3.63) is 83.7 Å². The van der Waals surface area contributed by atoms with E-state index in [-0.39, 0.29) is 35.1 Å². The highest BCUT2D eigenvalue weighted by atomic mass is 32.2. The molecule has 262 valence electrons. The lowest BCUT2D eigenvalue weighted by Gasteiger charge is -2.27. The Balaban J connectivity index is 1.50. The Kier molecular flexibility index (Phi) is 10.8. The standard InChI is InChI=1S/C34H39FN3O9PS/c1-21(2)45-34(40)22(3)37-48(41,47-26-9-7-6-8-10-26)44-18-17-38(49(5,42)43)29-20-30-28(19-27(29)23-11-12-23)31(33(39)36-4)32(46-30)24-13-15-25(35)16-14-24/h6-10,13-16,19-23H,11-12,17-18H2,1-5H3,(H,36,39)(H,37,41)/t22-,48-/m0/s1. The van der Waals surface area contributed by atoms with Gasteiger partial charge in [0.1, 0.15) is 29.0 Å². The molecule has 3 aromatic carbocycles. The van der Waals surface area contributed by atoms with Gasteiger partial charge < -0.3 is 19.0 Å². The average Bonchev–Trinajstić information content (AvgIpc) is 3.82. The molecule has 4 aromatic rings. The molecule has 0 radical (unpaired) electrons. The number of nitrogens with zero attached hydrogens (tertiary/aromatic N) is 1. The zero-order valence-electron chi connectivity index (χ0n) is 27.8. The topological polar surface area (TPSA) is 153 Å². The number of hydrogen-bond acceptors (Lipinski definition) is 9. The summed E-state index contributed by atoms with van der Waals surface area (Å²) in [5.74, 6) is -1.12. The highest BCUT2D eigenvalue weighted by Crippen LogP contribution is 2.49. The van der Waals surface area contributed by atoms with Crippen molar-refractivity contribution in [3.63, 3.8) is 0 Å². The van der Waals surface area contributed by atoms with Crippen molar-refractivity contribution >= 4 is 46.3 Å². The van der Waals surface area contributed by atoms with E-state index in [0.717, 1.165) is 23.4 Å². The van der Waals surface area contributed by atoms with Gasteiger partial charge in [0.05, 0.1) is 36.8 Å². The minimum absolute atomic E-state index is 0.0216. The maximum absolute atomic E-state index is 14.0. The third-order valence-electron chi connectivity index (χ3n) is 7.67. The van der Waals surface area contributed by atoms with Crippen LogP contribution in [-0.4, -0.2) is 58.9 Å². The smallest absolute Gasteiger partial charge is 0.459 e. The van der Waals surface area contributed by atoms with Crippen LogP contribution < -0.4 is 19.2 Å². The lowest BCUT2D eigenvalue weighted by molar-refractivity contribution is -0.149. The predicted octanol–water partition coefficient (Wildman–Crippen LogP) is 6.38. The van der Waals surface area contributed by atoms with Crippen molar-refractivity contribution in [2.24, 2.45) is 0 Å². The number of rotatable bonds is 15. The zero-order chi connectivity index (χ0) is 35.5. The van der Waals surface area contributed by atoms with Crippen LogP contribution in [0.25, 0.3) is 22.3 Å². The fraction of sp³-hybridized carbons (Fsp3) is 0.353. The minimum atomic E-state index is -4.27. The Labute approximate surface area is 284 Å². The van der Waals surface area contributed by atoms with Crippen LogP contribution in [0, 0.1) is 5.82 Å². The summed E-state index contributed by atoms with van der Waals surface area (Å²) in [6, 6.07) is 15.9. The molecule has 0 aliphatic heterocycles. The summed E-state index contributed by atoms with van der Waals surface area (Å²) >= 11 is 0. The molecular formula is C34H39FN3O9PS. The number of para-hydroxylation sites is 1. The molecule has 2 N–H and O–H groups in total. The highest BCUT2D eigenvalue weighted by molar-refractivity contribution is 7.92. The molecule has 1 fully saturated rings. The summed E-state index contributed by atoms with van der Waals surface area (Å²) in [5, 5.41) is 5.70. The van der Waals surface area contributed by atoms with Crippen LogP contribution in [0.3, 0.4) is 0 Å². The Bertz CT molecular complexity index is 1980. The largest absolute Gasteiger partial charge is 0.462 e. The van der Waals surface area contributed by atoms with E-state index in [2.05, 4.69) is 10.4 Å². The van der Waals surface area contributed by atoms with Gasteiger partial charge in [-0.2, -0.15) is 5.09 Å². The first-order valence-electron chi connectivity index (χ1n) is 15.7. The van der Waals surface area contributed by atoms with Crippen LogP contribution in [0.1, 0.15) is 55.5 Å². The molecule has 0 bridgehead atoms. The molecule has 1 aromatic heterocycles. The molecule has 1 saturated carbocycles. The van der Waals surface area contributed by atoms with Crippen molar-refractivity contribution in [2.45, 2.75) is 51.7 Å². The van der Waals surface area contributed by atoms with E-state index in [0.29, 0.717) is 22.2 Å². The number of sulfonamides is 1. The maximum atomic E-state index is 14.0. The van der Waals surface area contributed by atoms with Crippen LogP contribution in [0.2, 0.25) is 0 Å². The van der Waals surface area contributed by atoms with Crippen LogP contribution in [-0.2, 0) is 28.6 Å². The van der Waals surface area contributed by atoms with Gasteiger partial charge in [0.25, 0.3) is 5.91 Å². The molecule has 1 heterocycles. The molecule has 12 nitrogen and oxygen atoms in total. The number of esters is 1. The molecular weight excluding hydrogens is 676 g/mol. The summed E-state index contributed by atoms with van der Waals surface area (Å²) < 4.78 is 78.3. The molecule has 1 aliphatic rings. The van der Waals surface area contributed by atoms with Gasteiger partial charge in [0.15, 0.2) is 0 Å². The van der Waals surface area contributed by atoms with E-state index in [1.54, 1.807) is 56.3 Å². The Morgan fingerprint density at radius 3 is 2.33 bits per heavy atom. The van der Waals surface area contributed by atoms with Crippen LogP contribution in [0.5, 0.6) is 5.75 Å². The van der Waals surface area contributed by atoms with Gasteiger partial charge in [-0.15, -0.1) is 0 Å². The van der Waals surface area contributed by atoms with Crippen molar-refractivity contribution in [1.29, 1.82) is 0 Å². The van der Waals surface area contributed by atoms with E-state index in [1.807, 2.05) is 0 Å². The van der Waals surface area contributed by atoms with Gasteiger partial charge in [-0.1, -0.05) is 18.2 Å². The van der Waals surface area contributed by atoms with Gasteiger partial charge in [-0.3, -0.25) is 18.4 Å². The summed E-state index contributed by atoms with van der Waals surface area (Å²) in [4.78, 5) is 25.7. The lowest BCUT2D eigenvalue weighted by Crippen LogP contribution is -2.37. The van der Waals surface area contributed by atoms with Crippen molar-refractivity contribution in [3.8, 4) is 17.1 Å². The number of furan rings is 1. The first-order chi connectivity index (χ1) is 23.2. The van der Waals surface area contributed by atoms with E-state index >= 15 is 0 Å². The van der Waals surface area contributed by atoms with Crippen LogP contribution >= 0.6 is 7.75 Å². The molecule has 49 heavy (non-hydrogen) atoms. The number of nitrogens with one attached hydrogen (secondary N) is 2. The number of hydrogen-bond donors (Lipinski definition) is 2. The van der Waals surface area contributed by atoms with Gasteiger partial charge in [0, 0.05) is 24.1 Å². The van der Waals surface area contributed by atoms with Crippen molar-refractivity contribution in [1.82, 2.24) is 10.4 Å². The van der Waals surface area contributed by atoms with E-state index < -0.39 is 54.2 Å². The molecule has 0 unspecified atom stereocenters. The predicted molar refractivity (Wildman–Crippen MR) is 184 cm³/mol. The molecule has 0 saturated heterocycles. The number of halogens is 1. The summed E-state index contributed by atoms with van der Waals surface area (Å²) in [6.45, 7) is 4.12. The first kappa shape index (κ1) is 36.1. The maximum Gasteiger partial charge on any atom is 0.459 e. The third kappa shape index (κ3) is 8.69. The molecule has 1 amide bonds. The van der Waals surface area contributed by atoms with Crippen molar-refractivity contribution in [2.75, 3.05) is 30.8 Å². The Hall–Kier alpha value is -4.23. The highest BCUT2D eigenvalue weighted by Gasteiger charge is 2.35. The fourth-order valence-corrected chi connectivity index (χ4v) is 7.69. The van der Waals surface area contributed by atoms with Crippen LogP contribution in [0.4, 0.5) is 10.1 Å². The second-order valence-electron chi connectivity index (χ2n) is 12.0. The summed E-state index contributed by atoms with van der Waals surface area (Å²) in [6.07, 6.45) is 2.23. The number of ether oxygens (including phenoxy) is 1. The number of anilines is 1. The van der Waals surface area contributed by atoms with Gasteiger partial charge in [0.2, 0.25) is 10.0 Å². The third-order valence-corrected chi connectivity index (χ3v) is 10.5. The zero-order valence-corrected chi connectivity index (χ0v) is 29.5. The molecule has 1 aliphatic carbocycles. The Morgan fingerprint density at radius 2 is 1.73 bits per heavy atom. The van der Waals surface area contributed by atoms with Gasteiger partial charge >= 0.3 is 13.7 Å². The molecule has 2 atom stereocenters. The summed E-state index contributed by atoms with van der Waals surface area (Å²) in [7, 11) is -6.74. The number of benzene rings is 3. The second kappa shape index (κ2) is 14.7. The minimum Gasteiger partial charge on any atom is -0.462 e. The SMILES string of the molecule is CNC(=O)c1c(-c2ccc(F)cc2)oc2cc(N(CCO[P@@](=O)(N[C@@H](C)C(=O)OC(C)C)Oc3ccccc3)S(C)(=O)=O)c(C3CC3)cc12. The molecule has 0 spiro atoms. The van der Waals surface area contributed by atoms with Gasteiger partial charge in [-0.05, 0) is 87.6 Å². The normalized spacial score (nSPS) is 15.1. The number of carbonyl (C=O) groups excluding carboxylic acids is 2.